The van der Waals surface area contributed by atoms with Crippen LogP contribution in [0.1, 0.15) is 11.1 Å². The molecular formula is C24H18ClIN2O3. The lowest BCUT2D eigenvalue weighted by Gasteiger charge is -2.12. The Hall–Kier alpha value is -3.02. The molecule has 0 radical (unpaired) electrons. The highest BCUT2D eigenvalue weighted by atomic mass is 127. The van der Waals surface area contributed by atoms with Crippen LogP contribution < -0.4 is 14.8 Å². The second-order valence-corrected chi connectivity index (χ2v) is 8.14. The number of ether oxygens (including phenoxy) is 2. The van der Waals surface area contributed by atoms with E-state index in [1.54, 1.807) is 49.6 Å². The molecule has 0 fully saturated rings. The Morgan fingerprint density at radius 3 is 2.45 bits per heavy atom. The highest BCUT2D eigenvalue weighted by molar-refractivity contribution is 14.1. The Morgan fingerprint density at radius 1 is 1.10 bits per heavy atom. The van der Waals surface area contributed by atoms with Gasteiger partial charge in [-0.25, -0.2) is 0 Å². The number of carbonyl (C=O) groups is 1. The second kappa shape index (κ2) is 10.8. The third kappa shape index (κ3) is 6.48. The molecule has 0 saturated heterocycles. The smallest absolute Gasteiger partial charge is 0.266 e. The molecule has 31 heavy (non-hydrogen) atoms. The maximum absolute atomic E-state index is 12.4. The Morgan fingerprint density at radius 2 is 1.81 bits per heavy atom. The first-order valence-electron chi connectivity index (χ1n) is 9.22. The fourth-order valence-corrected chi connectivity index (χ4v) is 3.17. The molecule has 3 aromatic carbocycles. The van der Waals surface area contributed by atoms with Crippen molar-refractivity contribution in [1.29, 1.82) is 5.26 Å². The van der Waals surface area contributed by atoms with Gasteiger partial charge in [-0.2, -0.15) is 5.26 Å². The second-order valence-electron chi connectivity index (χ2n) is 6.46. The van der Waals surface area contributed by atoms with Crippen LogP contribution in [0.25, 0.3) is 6.08 Å². The highest BCUT2D eigenvalue weighted by Crippen LogP contribution is 2.30. The van der Waals surface area contributed by atoms with Gasteiger partial charge in [0.2, 0.25) is 0 Å². The zero-order valence-corrected chi connectivity index (χ0v) is 19.5. The number of methoxy groups -OCH3 is 1. The number of halogens is 2. The summed E-state index contributed by atoms with van der Waals surface area (Å²) in [5.74, 6) is 0.569. The molecule has 0 heterocycles. The third-order valence-corrected chi connectivity index (χ3v) is 5.24. The molecule has 156 valence electrons. The summed E-state index contributed by atoms with van der Waals surface area (Å²) in [4.78, 5) is 12.4. The number of nitrogens with zero attached hydrogens (tertiary/aromatic N) is 1. The summed E-state index contributed by atoms with van der Waals surface area (Å²) < 4.78 is 12.5. The number of amides is 1. The predicted molar refractivity (Wildman–Crippen MR) is 130 cm³/mol. The third-order valence-electron chi connectivity index (χ3n) is 4.27. The van der Waals surface area contributed by atoms with Gasteiger partial charge in [0.1, 0.15) is 18.2 Å². The maximum Gasteiger partial charge on any atom is 0.266 e. The number of hydrogen-bond donors (Lipinski definition) is 1. The van der Waals surface area contributed by atoms with Crippen molar-refractivity contribution in [3.8, 4) is 17.6 Å². The molecule has 1 amide bonds. The van der Waals surface area contributed by atoms with E-state index in [0.717, 1.165) is 9.13 Å². The zero-order chi connectivity index (χ0) is 22.2. The van der Waals surface area contributed by atoms with Gasteiger partial charge >= 0.3 is 0 Å². The monoisotopic (exact) mass is 544 g/mol. The summed E-state index contributed by atoms with van der Waals surface area (Å²) in [6.07, 6.45) is 1.50. The first-order valence-corrected chi connectivity index (χ1v) is 10.7. The van der Waals surface area contributed by atoms with E-state index in [4.69, 9.17) is 21.1 Å². The van der Waals surface area contributed by atoms with Crippen LogP contribution in [0.5, 0.6) is 11.5 Å². The first kappa shape index (κ1) is 22.7. The van der Waals surface area contributed by atoms with Crippen LogP contribution in [0, 0.1) is 14.9 Å². The molecule has 1 N–H and O–H groups in total. The lowest BCUT2D eigenvalue weighted by Crippen LogP contribution is -2.13. The van der Waals surface area contributed by atoms with Crippen molar-refractivity contribution in [3.63, 3.8) is 0 Å². The SMILES string of the molecule is COc1cc(/C=C(/C#N)C(=O)Nc2ccc(Cl)cc2)ccc1OCc1ccc(I)cc1. The Labute approximate surface area is 199 Å². The fourth-order valence-electron chi connectivity index (χ4n) is 2.68. The lowest BCUT2D eigenvalue weighted by molar-refractivity contribution is -0.112. The number of benzene rings is 3. The van der Waals surface area contributed by atoms with Gasteiger partial charge in [0.25, 0.3) is 5.91 Å². The van der Waals surface area contributed by atoms with Gasteiger partial charge in [-0.15, -0.1) is 0 Å². The van der Waals surface area contributed by atoms with Crippen molar-refractivity contribution >= 4 is 51.9 Å². The van der Waals surface area contributed by atoms with E-state index in [0.29, 0.717) is 34.4 Å². The van der Waals surface area contributed by atoms with Gasteiger partial charge in [0.05, 0.1) is 7.11 Å². The minimum absolute atomic E-state index is 0.0374. The number of carbonyl (C=O) groups excluding carboxylic acids is 1. The van der Waals surface area contributed by atoms with Crippen LogP contribution in [0.4, 0.5) is 5.69 Å². The van der Waals surface area contributed by atoms with Crippen LogP contribution in [0.2, 0.25) is 5.02 Å². The number of hydrogen-bond acceptors (Lipinski definition) is 4. The molecule has 0 aliphatic carbocycles. The van der Waals surface area contributed by atoms with Crippen LogP contribution >= 0.6 is 34.2 Å². The van der Waals surface area contributed by atoms with Gasteiger partial charge in [-0.3, -0.25) is 4.79 Å². The quantitative estimate of drug-likeness (QED) is 0.222. The molecule has 3 rings (SSSR count). The van der Waals surface area contributed by atoms with Gasteiger partial charge in [-0.1, -0.05) is 29.8 Å². The minimum atomic E-state index is -0.511. The van der Waals surface area contributed by atoms with Crippen LogP contribution in [-0.2, 0) is 11.4 Å². The molecule has 0 atom stereocenters. The van der Waals surface area contributed by atoms with E-state index in [1.165, 1.54) is 6.08 Å². The lowest BCUT2D eigenvalue weighted by atomic mass is 10.1. The van der Waals surface area contributed by atoms with Crippen LogP contribution in [0.3, 0.4) is 0 Å². The number of anilines is 1. The van der Waals surface area contributed by atoms with Crippen molar-refractivity contribution in [2.24, 2.45) is 0 Å². The largest absolute Gasteiger partial charge is 0.493 e. The summed E-state index contributed by atoms with van der Waals surface area (Å²) in [5, 5.41) is 12.7. The van der Waals surface area contributed by atoms with Gasteiger partial charge in [-0.05, 0) is 88.3 Å². The molecule has 0 saturated carbocycles. The molecule has 3 aromatic rings. The highest BCUT2D eigenvalue weighted by Gasteiger charge is 2.11. The van der Waals surface area contributed by atoms with Crippen LogP contribution in [0.15, 0.2) is 72.3 Å². The Balaban J connectivity index is 1.74. The van der Waals surface area contributed by atoms with Gasteiger partial charge in [0, 0.05) is 14.3 Å². The predicted octanol–water partition coefficient (Wildman–Crippen LogP) is 6.08. The molecule has 0 aromatic heterocycles. The minimum Gasteiger partial charge on any atom is -0.493 e. The average Bonchev–Trinajstić information content (AvgIpc) is 2.78. The topological polar surface area (TPSA) is 71.3 Å². The summed E-state index contributed by atoms with van der Waals surface area (Å²) in [6, 6.07) is 21.9. The molecular weight excluding hydrogens is 527 g/mol. The van der Waals surface area contributed by atoms with E-state index in [2.05, 4.69) is 27.9 Å². The van der Waals surface area contributed by atoms with E-state index in [1.807, 2.05) is 30.3 Å². The zero-order valence-electron chi connectivity index (χ0n) is 16.6. The molecule has 0 aliphatic rings. The standard InChI is InChI=1S/C24H18ClIN2O3/c1-30-23-13-17(4-11-22(23)31-15-16-2-7-20(26)8-3-16)12-18(14-27)24(29)28-21-9-5-19(25)6-10-21/h2-13H,15H2,1H3,(H,28,29)/b18-12-. The average molecular weight is 545 g/mol. The van der Waals surface area contributed by atoms with E-state index in [-0.39, 0.29) is 5.57 Å². The molecule has 7 heteroatoms. The normalized spacial score (nSPS) is 10.8. The molecule has 0 aliphatic heterocycles. The van der Waals surface area contributed by atoms with Crippen molar-refractivity contribution in [2.45, 2.75) is 6.61 Å². The number of nitriles is 1. The number of rotatable bonds is 7. The van der Waals surface area contributed by atoms with Crippen molar-refractivity contribution in [2.75, 3.05) is 12.4 Å². The summed E-state index contributed by atoms with van der Waals surface area (Å²) >= 11 is 8.10. The van der Waals surface area contributed by atoms with Gasteiger partial charge < -0.3 is 14.8 Å². The number of nitrogens with one attached hydrogen (secondary N) is 1. The summed E-state index contributed by atoms with van der Waals surface area (Å²) in [7, 11) is 1.54. The van der Waals surface area contributed by atoms with E-state index < -0.39 is 5.91 Å². The Bertz CT molecular complexity index is 1140. The molecule has 0 spiro atoms. The van der Waals surface area contributed by atoms with Crippen molar-refractivity contribution in [3.05, 3.63) is 92.0 Å². The van der Waals surface area contributed by atoms with Crippen LogP contribution in [-0.4, -0.2) is 13.0 Å². The van der Waals surface area contributed by atoms with Crippen molar-refractivity contribution in [1.82, 2.24) is 0 Å². The summed E-state index contributed by atoms with van der Waals surface area (Å²) in [6.45, 7) is 0.398. The first-order chi connectivity index (χ1) is 15.0. The van der Waals surface area contributed by atoms with Crippen molar-refractivity contribution < 1.29 is 14.3 Å². The van der Waals surface area contributed by atoms with E-state index >= 15 is 0 Å². The molecule has 0 unspecified atom stereocenters. The molecule has 0 bridgehead atoms. The van der Waals surface area contributed by atoms with E-state index in [9.17, 15) is 10.1 Å². The summed E-state index contributed by atoms with van der Waals surface area (Å²) in [5.41, 5.74) is 2.19. The maximum atomic E-state index is 12.4. The van der Waals surface area contributed by atoms with Gasteiger partial charge in [0.15, 0.2) is 11.5 Å². The fraction of sp³-hybridized carbons (Fsp3) is 0.0833. The molecule has 5 nitrogen and oxygen atoms in total. The Kier molecular flexibility index (Phi) is 7.93.